The molecule has 2 aromatic carbocycles. The molecule has 0 fully saturated rings. The van der Waals surface area contributed by atoms with Crippen LogP contribution in [0.4, 0.5) is 0 Å². The van der Waals surface area contributed by atoms with Crippen LogP contribution in [0.1, 0.15) is 5.56 Å². The molecule has 64 valence electrons. The van der Waals surface area contributed by atoms with Crippen molar-refractivity contribution in [3.8, 4) is 0 Å². The van der Waals surface area contributed by atoms with Crippen molar-refractivity contribution in [2.75, 3.05) is 0 Å². The van der Waals surface area contributed by atoms with Crippen LogP contribution in [0.15, 0.2) is 43.0 Å². The molecule has 2 aromatic rings. The molecular weight excluding hydrogens is 180 g/mol. The van der Waals surface area contributed by atoms with E-state index in [-0.39, 0.29) is 0 Å². The number of halogens is 1. The summed E-state index contributed by atoms with van der Waals surface area (Å²) < 4.78 is 0. The molecule has 0 saturated heterocycles. The third-order valence-corrected chi connectivity index (χ3v) is 2.41. The Kier molecular flexibility index (Phi) is 2.07. The van der Waals surface area contributed by atoms with Gasteiger partial charge < -0.3 is 0 Å². The van der Waals surface area contributed by atoms with Crippen molar-refractivity contribution in [3.63, 3.8) is 0 Å². The molecule has 0 nitrogen and oxygen atoms in total. The monoisotopic (exact) mass is 188 g/mol. The Hall–Kier alpha value is -1.27. The van der Waals surface area contributed by atoms with Gasteiger partial charge in [0.25, 0.3) is 0 Å². The second-order valence-corrected chi connectivity index (χ2v) is 3.33. The molecule has 0 aliphatic heterocycles. The zero-order valence-corrected chi connectivity index (χ0v) is 7.88. The van der Waals surface area contributed by atoms with Crippen molar-refractivity contribution in [1.29, 1.82) is 0 Å². The molecule has 1 heteroatoms. The van der Waals surface area contributed by atoms with E-state index in [0.29, 0.717) is 0 Å². The molecule has 0 aliphatic carbocycles. The molecular formula is C12H9Cl. The number of fused-ring (bicyclic) bond motifs is 1. The molecule has 0 radical (unpaired) electrons. The van der Waals surface area contributed by atoms with Crippen molar-refractivity contribution >= 4 is 28.4 Å². The van der Waals surface area contributed by atoms with Gasteiger partial charge in [-0.3, -0.25) is 0 Å². The van der Waals surface area contributed by atoms with Crippen LogP contribution in [-0.2, 0) is 0 Å². The first-order valence-corrected chi connectivity index (χ1v) is 4.50. The van der Waals surface area contributed by atoms with Gasteiger partial charge in [0.15, 0.2) is 0 Å². The SMILES string of the molecule is C=Cc1cc2ccccc2cc1Cl. The molecule has 0 unspecified atom stereocenters. The molecule has 0 aromatic heterocycles. The smallest absolute Gasteiger partial charge is 0.0484 e. The Morgan fingerprint density at radius 1 is 1.08 bits per heavy atom. The summed E-state index contributed by atoms with van der Waals surface area (Å²) in [7, 11) is 0. The van der Waals surface area contributed by atoms with E-state index >= 15 is 0 Å². The van der Waals surface area contributed by atoms with E-state index < -0.39 is 0 Å². The average molecular weight is 189 g/mol. The number of hydrogen-bond donors (Lipinski definition) is 0. The first-order valence-electron chi connectivity index (χ1n) is 4.12. The van der Waals surface area contributed by atoms with Crippen LogP contribution in [0.2, 0.25) is 5.02 Å². The minimum absolute atomic E-state index is 0.758. The average Bonchev–Trinajstić information content (AvgIpc) is 2.17. The minimum atomic E-state index is 0.758. The van der Waals surface area contributed by atoms with Crippen molar-refractivity contribution in [3.05, 3.63) is 53.6 Å². The van der Waals surface area contributed by atoms with E-state index in [1.54, 1.807) is 6.08 Å². The third-order valence-electron chi connectivity index (χ3n) is 2.08. The summed E-state index contributed by atoms with van der Waals surface area (Å²) in [6.07, 6.45) is 1.77. The van der Waals surface area contributed by atoms with Crippen LogP contribution in [0.3, 0.4) is 0 Å². The maximum Gasteiger partial charge on any atom is 0.0484 e. The highest BCUT2D eigenvalue weighted by molar-refractivity contribution is 6.32. The van der Waals surface area contributed by atoms with E-state index in [1.807, 2.05) is 30.3 Å². The van der Waals surface area contributed by atoms with Crippen LogP contribution in [0.5, 0.6) is 0 Å². The Bertz CT molecular complexity index is 458. The van der Waals surface area contributed by atoms with Crippen LogP contribution < -0.4 is 0 Å². The van der Waals surface area contributed by atoms with Gasteiger partial charge in [-0.2, -0.15) is 0 Å². The Morgan fingerprint density at radius 2 is 1.69 bits per heavy atom. The van der Waals surface area contributed by atoms with Gasteiger partial charge in [-0.15, -0.1) is 0 Å². The lowest BCUT2D eigenvalue weighted by atomic mass is 10.1. The zero-order valence-electron chi connectivity index (χ0n) is 7.13. The van der Waals surface area contributed by atoms with Gasteiger partial charge in [0.1, 0.15) is 0 Å². The number of benzene rings is 2. The summed E-state index contributed by atoms with van der Waals surface area (Å²) in [6.45, 7) is 3.71. The van der Waals surface area contributed by atoms with E-state index in [2.05, 4.69) is 12.6 Å². The predicted molar refractivity (Wildman–Crippen MR) is 59.0 cm³/mol. The standard InChI is InChI=1S/C12H9Cl/c1-2-9-7-10-5-3-4-6-11(10)8-12(9)13/h2-8H,1H2. The first kappa shape index (κ1) is 8.33. The molecule has 13 heavy (non-hydrogen) atoms. The molecule has 0 saturated carbocycles. The Morgan fingerprint density at radius 3 is 2.31 bits per heavy atom. The summed E-state index contributed by atoms with van der Waals surface area (Å²) in [5.41, 5.74) is 0.986. The summed E-state index contributed by atoms with van der Waals surface area (Å²) in [6, 6.07) is 12.2. The van der Waals surface area contributed by atoms with Crippen LogP contribution in [0, 0.1) is 0 Å². The third kappa shape index (κ3) is 1.45. The highest BCUT2D eigenvalue weighted by Gasteiger charge is 1.98. The molecule has 0 spiro atoms. The molecule has 0 N–H and O–H groups in total. The van der Waals surface area contributed by atoms with Gasteiger partial charge >= 0.3 is 0 Å². The van der Waals surface area contributed by atoms with Crippen LogP contribution in [0.25, 0.3) is 16.8 Å². The fourth-order valence-electron chi connectivity index (χ4n) is 1.39. The first-order chi connectivity index (χ1) is 6.31. The normalized spacial score (nSPS) is 10.2. The molecule has 0 aliphatic rings. The Balaban J connectivity index is 2.81. The van der Waals surface area contributed by atoms with Gasteiger partial charge in [-0.1, -0.05) is 48.5 Å². The molecule has 2 rings (SSSR count). The summed E-state index contributed by atoms with van der Waals surface area (Å²) in [5, 5.41) is 3.12. The molecule has 0 amide bonds. The fourth-order valence-corrected chi connectivity index (χ4v) is 1.64. The summed E-state index contributed by atoms with van der Waals surface area (Å²) >= 11 is 6.03. The lowest BCUT2D eigenvalue weighted by molar-refractivity contribution is 1.71. The second kappa shape index (κ2) is 3.23. The largest absolute Gasteiger partial charge is 0.0984 e. The van der Waals surface area contributed by atoms with E-state index in [9.17, 15) is 0 Å². The number of rotatable bonds is 1. The number of hydrogen-bond acceptors (Lipinski definition) is 0. The van der Waals surface area contributed by atoms with Crippen molar-refractivity contribution < 1.29 is 0 Å². The van der Waals surface area contributed by atoms with Gasteiger partial charge in [0, 0.05) is 5.02 Å². The van der Waals surface area contributed by atoms with Crippen molar-refractivity contribution in [1.82, 2.24) is 0 Å². The van der Waals surface area contributed by atoms with E-state index in [0.717, 1.165) is 16.0 Å². The van der Waals surface area contributed by atoms with Gasteiger partial charge in [-0.25, -0.2) is 0 Å². The minimum Gasteiger partial charge on any atom is -0.0984 e. The molecule has 0 heterocycles. The van der Waals surface area contributed by atoms with Crippen LogP contribution >= 0.6 is 11.6 Å². The molecule has 0 atom stereocenters. The highest BCUT2D eigenvalue weighted by Crippen LogP contribution is 2.24. The lowest BCUT2D eigenvalue weighted by Crippen LogP contribution is -1.77. The van der Waals surface area contributed by atoms with E-state index in [1.165, 1.54) is 5.39 Å². The second-order valence-electron chi connectivity index (χ2n) is 2.92. The lowest BCUT2D eigenvalue weighted by Gasteiger charge is -2.01. The van der Waals surface area contributed by atoms with Gasteiger partial charge in [0.2, 0.25) is 0 Å². The topological polar surface area (TPSA) is 0 Å². The van der Waals surface area contributed by atoms with Gasteiger partial charge in [0.05, 0.1) is 0 Å². The molecule has 0 bridgehead atoms. The quantitative estimate of drug-likeness (QED) is 0.631. The summed E-state index contributed by atoms with van der Waals surface area (Å²) in [5.74, 6) is 0. The Labute approximate surface area is 82.5 Å². The van der Waals surface area contributed by atoms with Gasteiger partial charge in [-0.05, 0) is 28.5 Å². The zero-order chi connectivity index (χ0) is 9.26. The van der Waals surface area contributed by atoms with Crippen molar-refractivity contribution in [2.45, 2.75) is 0 Å². The predicted octanol–water partition coefficient (Wildman–Crippen LogP) is 4.14. The highest BCUT2D eigenvalue weighted by atomic mass is 35.5. The maximum atomic E-state index is 6.03. The summed E-state index contributed by atoms with van der Waals surface area (Å²) in [4.78, 5) is 0. The van der Waals surface area contributed by atoms with Crippen molar-refractivity contribution in [2.24, 2.45) is 0 Å². The maximum absolute atomic E-state index is 6.03. The van der Waals surface area contributed by atoms with Crippen LogP contribution in [-0.4, -0.2) is 0 Å². The fraction of sp³-hybridized carbons (Fsp3) is 0. The van der Waals surface area contributed by atoms with E-state index in [4.69, 9.17) is 11.6 Å².